The number of aliphatic imine (C=N–C) groups is 1. The first-order valence-corrected chi connectivity index (χ1v) is 17.9. The number of aromatic nitrogens is 6. The van der Waals surface area contributed by atoms with Gasteiger partial charge in [0.1, 0.15) is 24.2 Å². The first-order valence-electron chi connectivity index (χ1n) is 17.6. The van der Waals surface area contributed by atoms with Crippen LogP contribution in [0.2, 0.25) is 5.02 Å². The van der Waals surface area contributed by atoms with Crippen molar-refractivity contribution in [3.8, 4) is 23.0 Å². The van der Waals surface area contributed by atoms with Crippen LogP contribution in [0.25, 0.3) is 16.9 Å². The molecule has 7 rings (SSSR count). The zero-order valence-electron chi connectivity index (χ0n) is 30.0. The Balaban J connectivity index is 1.28. The Kier molecular flexibility index (Phi) is 9.75. The molecule has 2 aromatic heterocycles. The van der Waals surface area contributed by atoms with E-state index in [1.54, 1.807) is 49.1 Å². The Morgan fingerprint density at radius 3 is 2.48 bits per heavy atom. The molecule has 1 aliphatic heterocycles. The lowest BCUT2D eigenvalue weighted by Crippen LogP contribution is -2.50. The molecular formula is C36H35ClF5N11O3. The normalized spacial score (nSPS) is 19.8. The van der Waals surface area contributed by atoms with E-state index >= 15 is 4.79 Å². The lowest BCUT2D eigenvalue weighted by atomic mass is 9.73. The van der Waals surface area contributed by atoms with E-state index in [0.717, 1.165) is 28.8 Å². The molecule has 3 aliphatic rings. The molecule has 14 nitrogen and oxygen atoms in total. The summed E-state index contributed by atoms with van der Waals surface area (Å²) in [7, 11) is 0. The third-order valence-electron chi connectivity index (χ3n) is 10.1. The SMILES string of the molecule is CC(C)(CC#N)C[C@]1(c2ccc(-c3cnn(C4CC4)n3)cc2)N=C(N)N([C@H](COC(=O)NC2(C(F)(F)F)CC2)c2ccc(Cl)c(-n3ncnc3C(F)F)c2)C1=O. The number of nitrogens with two attached hydrogens (primary N) is 1. The average Bonchev–Trinajstić information content (AvgIpc) is 4.01. The van der Waals surface area contributed by atoms with Crippen molar-refractivity contribution < 1.29 is 36.3 Å². The molecule has 2 fully saturated rings. The van der Waals surface area contributed by atoms with Gasteiger partial charge in [0.25, 0.3) is 12.3 Å². The standard InChI is InChI=1S/C36H35ClF5N11O3/c1-33(2,13-14-43)18-35(22-6-3-20(4-7-22)25-16-46-53(50-25)23-8-9-23)30(54)51(31(44)48-35)27(17-56-32(55)49-34(11-12-34)36(40,41)42)21-5-10-24(37)26(15-21)52-29(28(38)39)45-19-47-52/h3-7,10,15-16,19,23,27-28H,8-9,11-13,17-18H2,1-2H3,(H2,44,48)(H,49,55)/t27-,35-/m1/s1. The molecule has 2 aliphatic carbocycles. The summed E-state index contributed by atoms with van der Waals surface area (Å²) in [5.41, 5.74) is 3.33. The fourth-order valence-electron chi connectivity index (χ4n) is 6.88. The van der Waals surface area contributed by atoms with Crippen LogP contribution in [0.5, 0.6) is 0 Å². The Bertz CT molecular complexity index is 2230. The Morgan fingerprint density at radius 2 is 1.86 bits per heavy atom. The highest BCUT2D eigenvalue weighted by Gasteiger charge is 2.64. The molecule has 2 atom stereocenters. The van der Waals surface area contributed by atoms with Crippen LogP contribution in [-0.2, 0) is 15.1 Å². The summed E-state index contributed by atoms with van der Waals surface area (Å²) in [5, 5.41) is 24.3. The first-order chi connectivity index (χ1) is 26.5. The molecule has 2 saturated carbocycles. The quantitative estimate of drug-likeness (QED) is 0.139. The van der Waals surface area contributed by atoms with Gasteiger partial charge in [-0.15, -0.1) is 0 Å². The number of hydrogen-bond acceptors (Lipinski definition) is 10. The van der Waals surface area contributed by atoms with Gasteiger partial charge in [-0.25, -0.2) is 28.2 Å². The van der Waals surface area contributed by atoms with Crippen LogP contribution in [0.15, 0.2) is 60.0 Å². The molecular weight excluding hydrogens is 765 g/mol. The van der Waals surface area contributed by atoms with Gasteiger partial charge in [-0.05, 0) is 60.8 Å². The van der Waals surface area contributed by atoms with Crippen molar-refractivity contribution in [2.24, 2.45) is 16.1 Å². The number of guanidine groups is 1. The minimum absolute atomic E-state index is 0.0223. The largest absolute Gasteiger partial charge is 0.447 e. The molecule has 56 heavy (non-hydrogen) atoms. The molecule has 0 bridgehead atoms. The Morgan fingerprint density at radius 1 is 1.14 bits per heavy atom. The van der Waals surface area contributed by atoms with Gasteiger partial charge in [0, 0.05) is 12.0 Å². The number of carbonyl (C=O) groups is 2. The molecule has 0 saturated heterocycles. The number of rotatable bonds is 13. The number of alkyl halides is 5. The van der Waals surface area contributed by atoms with E-state index in [1.807, 2.05) is 5.32 Å². The molecule has 2 amide bonds. The van der Waals surface area contributed by atoms with Gasteiger partial charge in [0.05, 0.1) is 35.1 Å². The number of nitrogens with zero attached hydrogens (tertiary/aromatic N) is 9. The van der Waals surface area contributed by atoms with Gasteiger partial charge in [-0.3, -0.25) is 9.69 Å². The predicted molar refractivity (Wildman–Crippen MR) is 189 cm³/mol. The van der Waals surface area contributed by atoms with Crippen molar-refractivity contribution >= 4 is 29.6 Å². The average molecular weight is 800 g/mol. The fourth-order valence-corrected chi connectivity index (χ4v) is 7.07. The topological polar surface area (TPSA) is 182 Å². The number of ether oxygens (including phenoxy) is 1. The zero-order valence-corrected chi connectivity index (χ0v) is 30.7. The third-order valence-corrected chi connectivity index (χ3v) is 10.4. The number of alkyl carbamates (subject to hydrolysis) is 1. The second kappa shape index (κ2) is 14.1. The van der Waals surface area contributed by atoms with Gasteiger partial charge >= 0.3 is 12.3 Å². The van der Waals surface area contributed by atoms with Crippen molar-refractivity contribution in [3.63, 3.8) is 0 Å². The summed E-state index contributed by atoms with van der Waals surface area (Å²) in [4.78, 5) is 39.0. The minimum Gasteiger partial charge on any atom is -0.447 e. The molecule has 0 unspecified atom stereocenters. The van der Waals surface area contributed by atoms with Crippen LogP contribution >= 0.6 is 11.6 Å². The van der Waals surface area contributed by atoms with E-state index in [2.05, 4.69) is 26.3 Å². The molecule has 3 N–H and O–H groups in total. The van der Waals surface area contributed by atoms with Gasteiger partial charge < -0.3 is 15.8 Å². The van der Waals surface area contributed by atoms with Crippen molar-refractivity contribution in [3.05, 3.63) is 77.0 Å². The number of amides is 2. The van der Waals surface area contributed by atoms with E-state index in [4.69, 9.17) is 27.1 Å². The van der Waals surface area contributed by atoms with E-state index in [0.29, 0.717) is 16.8 Å². The number of carbonyl (C=O) groups excluding carboxylic acids is 2. The third kappa shape index (κ3) is 7.24. The number of nitriles is 1. The molecule has 3 heterocycles. The molecule has 0 spiro atoms. The second-order valence-electron chi connectivity index (χ2n) is 14.9. The first kappa shape index (κ1) is 38.6. The molecule has 20 heteroatoms. The summed E-state index contributed by atoms with van der Waals surface area (Å²) in [6, 6.07) is 11.9. The van der Waals surface area contributed by atoms with Crippen molar-refractivity contribution in [1.82, 2.24) is 40.0 Å². The second-order valence-corrected chi connectivity index (χ2v) is 15.3. The summed E-state index contributed by atoms with van der Waals surface area (Å²) in [6.07, 6.45) is -5.36. The number of halogens is 6. The van der Waals surface area contributed by atoms with Gasteiger partial charge in [-0.2, -0.15) is 38.5 Å². The minimum atomic E-state index is -4.74. The van der Waals surface area contributed by atoms with Crippen LogP contribution in [0.3, 0.4) is 0 Å². The maximum absolute atomic E-state index is 15.1. The Hall–Kier alpha value is -5.64. The van der Waals surface area contributed by atoms with E-state index in [9.17, 15) is 32.0 Å². The van der Waals surface area contributed by atoms with Crippen LogP contribution < -0.4 is 11.1 Å². The van der Waals surface area contributed by atoms with Crippen LogP contribution in [0.4, 0.5) is 26.7 Å². The summed E-state index contributed by atoms with van der Waals surface area (Å²) in [6.45, 7) is 2.82. The van der Waals surface area contributed by atoms with Crippen molar-refractivity contribution in [1.29, 1.82) is 5.26 Å². The predicted octanol–water partition coefficient (Wildman–Crippen LogP) is 6.70. The van der Waals surface area contributed by atoms with E-state index < -0.39 is 59.6 Å². The monoisotopic (exact) mass is 799 g/mol. The van der Waals surface area contributed by atoms with Crippen molar-refractivity contribution in [2.75, 3.05) is 6.61 Å². The van der Waals surface area contributed by atoms with Gasteiger partial charge in [0.15, 0.2) is 17.3 Å². The highest BCUT2D eigenvalue weighted by molar-refractivity contribution is 6.32. The van der Waals surface area contributed by atoms with Crippen molar-refractivity contribution in [2.45, 2.75) is 88.1 Å². The number of nitrogens with one attached hydrogen (secondary N) is 1. The summed E-state index contributed by atoms with van der Waals surface area (Å²) in [5.74, 6) is -1.79. The van der Waals surface area contributed by atoms with Crippen LogP contribution in [-0.4, -0.2) is 70.9 Å². The molecule has 0 radical (unpaired) electrons. The summed E-state index contributed by atoms with van der Waals surface area (Å²) >= 11 is 6.44. The smallest absolute Gasteiger partial charge is 0.411 e. The lowest BCUT2D eigenvalue weighted by molar-refractivity contribution is -0.164. The van der Waals surface area contributed by atoms with Crippen LogP contribution in [0, 0.1) is 16.7 Å². The van der Waals surface area contributed by atoms with E-state index in [-0.39, 0.29) is 54.0 Å². The number of hydrogen-bond donors (Lipinski definition) is 2. The lowest BCUT2D eigenvalue weighted by Gasteiger charge is -2.35. The summed E-state index contributed by atoms with van der Waals surface area (Å²) < 4.78 is 75.1. The fraction of sp³-hybridized carbons (Fsp3) is 0.444. The molecule has 294 valence electrons. The Labute approximate surface area is 321 Å². The highest BCUT2D eigenvalue weighted by atomic mass is 35.5. The van der Waals surface area contributed by atoms with Gasteiger partial charge in [-0.1, -0.05) is 55.8 Å². The van der Waals surface area contributed by atoms with Gasteiger partial charge in [0.2, 0.25) is 0 Å². The molecule has 2 aromatic carbocycles. The molecule has 4 aromatic rings. The highest BCUT2D eigenvalue weighted by Crippen LogP contribution is 2.49. The zero-order chi connectivity index (χ0) is 40.2. The maximum atomic E-state index is 15.1. The van der Waals surface area contributed by atoms with Crippen LogP contribution in [0.1, 0.15) is 87.8 Å². The number of benzene rings is 2. The van der Waals surface area contributed by atoms with E-state index in [1.165, 1.54) is 18.2 Å². The maximum Gasteiger partial charge on any atom is 0.411 e.